The summed E-state index contributed by atoms with van der Waals surface area (Å²) >= 11 is 0. The Morgan fingerprint density at radius 3 is 2.10 bits per heavy atom. The fourth-order valence-corrected chi connectivity index (χ4v) is 3.51. The Kier molecular flexibility index (Phi) is 11.1. The molecule has 158 valence electrons. The van der Waals surface area contributed by atoms with Gasteiger partial charge in [0.1, 0.15) is 6.79 Å². The lowest BCUT2D eigenvalue weighted by Gasteiger charge is -2.39. The summed E-state index contributed by atoms with van der Waals surface area (Å²) in [5.74, 6) is -0.446. The molecule has 1 aliphatic heterocycles. The number of aliphatic hydroxyl groups excluding tert-OH is 1. The smallest absolute Gasteiger partial charge is 0.276 e. The van der Waals surface area contributed by atoms with Crippen LogP contribution in [-0.4, -0.2) is 56.3 Å². The van der Waals surface area contributed by atoms with Crippen molar-refractivity contribution in [3.05, 3.63) is 59.7 Å². The third-order valence-electron chi connectivity index (χ3n) is 4.70. The summed E-state index contributed by atoms with van der Waals surface area (Å²) in [6.45, 7) is 7.65. The van der Waals surface area contributed by atoms with E-state index in [4.69, 9.17) is 15.1 Å². The molecule has 0 atom stereocenters. The van der Waals surface area contributed by atoms with E-state index in [-0.39, 0.29) is 0 Å². The van der Waals surface area contributed by atoms with Crippen molar-refractivity contribution < 1.29 is 19.9 Å². The van der Waals surface area contributed by atoms with Crippen LogP contribution < -0.4 is 15.3 Å². The fraction of sp³-hybridized carbons (Fsp3) is 0.364. The number of amides is 1. The van der Waals surface area contributed by atoms with E-state index in [1.54, 1.807) is 11.5 Å². The Hall–Kier alpha value is -2.90. The zero-order chi connectivity index (χ0) is 21.6. The highest BCUT2D eigenvalue weighted by molar-refractivity contribution is 6.00. The summed E-state index contributed by atoms with van der Waals surface area (Å²) in [6.07, 6.45) is 1.93. The highest BCUT2D eigenvalue weighted by atomic mass is 16.5. The Labute approximate surface area is 172 Å². The molecule has 0 unspecified atom stereocenters. The summed E-state index contributed by atoms with van der Waals surface area (Å²) in [5.41, 5.74) is 5.69. The number of nitrogens with zero attached hydrogens (tertiary/aromatic N) is 2. The number of nitrogens with one attached hydrogen (secondary N) is 1. The van der Waals surface area contributed by atoms with E-state index in [0.29, 0.717) is 5.56 Å². The molecule has 1 fully saturated rings. The first-order chi connectivity index (χ1) is 14.2. The first kappa shape index (κ1) is 24.1. The van der Waals surface area contributed by atoms with E-state index in [9.17, 15) is 4.79 Å². The fourth-order valence-electron chi connectivity index (χ4n) is 3.51. The number of aliphatic hydroxyl groups is 1. The van der Waals surface area contributed by atoms with Crippen LogP contribution in [0.1, 0.15) is 29.3 Å². The van der Waals surface area contributed by atoms with Gasteiger partial charge in [-0.05, 0) is 30.2 Å². The predicted octanol–water partition coefficient (Wildman–Crippen LogP) is 2.51. The van der Waals surface area contributed by atoms with Gasteiger partial charge in [-0.15, -0.1) is 0 Å². The lowest BCUT2D eigenvalue weighted by Crippen LogP contribution is -2.47. The van der Waals surface area contributed by atoms with Crippen molar-refractivity contribution >= 4 is 24.1 Å². The van der Waals surface area contributed by atoms with Gasteiger partial charge in [-0.25, -0.2) is 5.48 Å². The molecule has 7 nitrogen and oxygen atoms in total. The number of hydrogen-bond acceptors (Lipinski definition) is 6. The molecule has 0 spiro atoms. The van der Waals surface area contributed by atoms with Crippen LogP contribution in [0, 0.1) is 0 Å². The number of aryl methyl sites for hydroxylation is 1. The number of carbonyl (C=O) groups excluding carboxylic acids is 2. The zero-order valence-electron chi connectivity index (χ0n) is 17.2. The SMILES string of the molecule is C=O.CCCc1cccc(C(=O)NO)c1N1CCN(c2ccccc2)CC1.CO. The van der Waals surface area contributed by atoms with Crippen molar-refractivity contribution in [2.45, 2.75) is 19.8 Å². The summed E-state index contributed by atoms with van der Waals surface area (Å²) in [4.78, 5) is 24.8. The van der Waals surface area contributed by atoms with Crippen LogP contribution >= 0.6 is 0 Å². The molecular weight excluding hydrogens is 370 g/mol. The summed E-state index contributed by atoms with van der Waals surface area (Å²) in [5, 5.41) is 16.1. The highest BCUT2D eigenvalue weighted by Gasteiger charge is 2.23. The third-order valence-corrected chi connectivity index (χ3v) is 4.70. The largest absolute Gasteiger partial charge is 0.400 e. The molecular formula is C22H31N3O4. The molecule has 1 heterocycles. The average molecular weight is 402 g/mol. The second-order valence-electron chi connectivity index (χ2n) is 6.31. The van der Waals surface area contributed by atoms with Crippen molar-refractivity contribution in [2.75, 3.05) is 43.1 Å². The Morgan fingerprint density at radius 2 is 1.55 bits per heavy atom. The number of hydroxylamine groups is 1. The topological polar surface area (TPSA) is 93.1 Å². The van der Waals surface area contributed by atoms with E-state index in [2.05, 4.69) is 47.1 Å². The molecule has 1 amide bonds. The molecule has 0 aromatic heterocycles. The summed E-state index contributed by atoms with van der Waals surface area (Å²) in [7, 11) is 1.00. The first-order valence-electron chi connectivity index (χ1n) is 9.59. The monoisotopic (exact) mass is 401 g/mol. The number of anilines is 2. The molecule has 0 bridgehead atoms. The number of benzene rings is 2. The van der Waals surface area contributed by atoms with Crippen LogP contribution in [0.5, 0.6) is 0 Å². The van der Waals surface area contributed by atoms with Crippen molar-refractivity contribution in [3.63, 3.8) is 0 Å². The molecule has 3 rings (SSSR count). The number of rotatable bonds is 5. The maximum Gasteiger partial charge on any atom is 0.276 e. The second kappa shape index (κ2) is 13.3. The van der Waals surface area contributed by atoms with Crippen LogP contribution in [0.15, 0.2) is 48.5 Å². The minimum absolute atomic E-state index is 0.446. The van der Waals surface area contributed by atoms with Crippen molar-refractivity contribution in [1.82, 2.24) is 5.48 Å². The van der Waals surface area contributed by atoms with E-state index in [1.807, 2.05) is 18.9 Å². The Balaban J connectivity index is 0.000000989. The van der Waals surface area contributed by atoms with Gasteiger partial charge >= 0.3 is 0 Å². The predicted molar refractivity (Wildman–Crippen MR) is 116 cm³/mol. The minimum atomic E-state index is -0.446. The first-order valence-corrected chi connectivity index (χ1v) is 9.59. The molecule has 3 N–H and O–H groups in total. The lowest BCUT2D eigenvalue weighted by molar-refractivity contribution is -0.0980. The van der Waals surface area contributed by atoms with E-state index in [0.717, 1.165) is 57.4 Å². The number of hydrogen-bond donors (Lipinski definition) is 3. The van der Waals surface area contributed by atoms with Crippen LogP contribution in [0.2, 0.25) is 0 Å². The zero-order valence-corrected chi connectivity index (χ0v) is 17.2. The van der Waals surface area contributed by atoms with Crippen LogP contribution in [0.3, 0.4) is 0 Å². The van der Waals surface area contributed by atoms with Gasteiger partial charge in [0.2, 0.25) is 0 Å². The molecule has 0 radical (unpaired) electrons. The van der Waals surface area contributed by atoms with Gasteiger partial charge in [0.25, 0.3) is 5.91 Å². The normalized spacial score (nSPS) is 12.8. The molecule has 2 aromatic carbocycles. The van der Waals surface area contributed by atoms with Gasteiger partial charge in [0.05, 0.1) is 11.3 Å². The van der Waals surface area contributed by atoms with Crippen LogP contribution in [0.4, 0.5) is 11.4 Å². The van der Waals surface area contributed by atoms with Crippen LogP contribution in [0.25, 0.3) is 0 Å². The summed E-state index contributed by atoms with van der Waals surface area (Å²) in [6, 6.07) is 16.2. The van der Waals surface area contributed by atoms with Gasteiger partial charge in [-0.3, -0.25) is 10.0 Å². The van der Waals surface area contributed by atoms with Crippen molar-refractivity contribution in [2.24, 2.45) is 0 Å². The van der Waals surface area contributed by atoms with Crippen molar-refractivity contribution in [1.29, 1.82) is 0 Å². The van der Waals surface area contributed by atoms with Gasteiger partial charge in [0.15, 0.2) is 0 Å². The maximum atomic E-state index is 12.1. The molecule has 1 saturated heterocycles. The van der Waals surface area contributed by atoms with E-state index in [1.165, 1.54) is 5.69 Å². The third kappa shape index (κ3) is 6.30. The van der Waals surface area contributed by atoms with Crippen LogP contribution in [-0.2, 0) is 11.2 Å². The standard InChI is InChI=1S/C20H25N3O2.CH4O.CH2O/c1-2-7-16-8-6-11-18(20(24)21-25)19(16)23-14-12-22(13-15-23)17-9-4-3-5-10-17;2*1-2/h3-6,8-11,25H,2,7,12-15H2,1H3,(H,21,24);2H,1H3;1H2. The second-order valence-corrected chi connectivity index (χ2v) is 6.31. The number of piperazine rings is 1. The van der Waals surface area contributed by atoms with Crippen molar-refractivity contribution in [3.8, 4) is 0 Å². The molecule has 2 aromatic rings. The number of para-hydroxylation sites is 2. The highest BCUT2D eigenvalue weighted by Crippen LogP contribution is 2.29. The Bertz CT molecular complexity index is 732. The average Bonchev–Trinajstić information content (AvgIpc) is 2.82. The van der Waals surface area contributed by atoms with Gasteiger partial charge in [-0.1, -0.05) is 43.7 Å². The summed E-state index contributed by atoms with van der Waals surface area (Å²) < 4.78 is 0. The van der Waals surface area contributed by atoms with E-state index < -0.39 is 5.91 Å². The van der Waals surface area contributed by atoms with Gasteiger partial charge in [-0.2, -0.15) is 0 Å². The lowest BCUT2D eigenvalue weighted by atomic mass is 10.0. The molecule has 7 heteroatoms. The Morgan fingerprint density at radius 1 is 0.966 bits per heavy atom. The molecule has 1 aliphatic rings. The minimum Gasteiger partial charge on any atom is -0.400 e. The molecule has 29 heavy (non-hydrogen) atoms. The van der Waals surface area contributed by atoms with Gasteiger partial charge in [0, 0.05) is 39.0 Å². The quantitative estimate of drug-likeness (QED) is 0.527. The maximum absolute atomic E-state index is 12.1. The number of carbonyl (C=O) groups is 2. The van der Waals surface area contributed by atoms with E-state index >= 15 is 0 Å². The molecule has 0 aliphatic carbocycles. The van der Waals surface area contributed by atoms with Gasteiger partial charge < -0.3 is 19.7 Å². The molecule has 0 saturated carbocycles.